The van der Waals surface area contributed by atoms with E-state index in [1.54, 1.807) is 4.90 Å². The Morgan fingerprint density at radius 2 is 2.12 bits per heavy atom. The van der Waals surface area contributed by atoms with Crippen LogP contribution in [0, 0.1) is 5.92 Å². The Kier molecular flexibility index (Phi) is 3.17. The van der Waals surface area contributed by atoms with Crippen LogP contribution in [0.1, 0.15) is 39.5 Å². The molecule has 2 atom stereocenters. The third kappa shape index (κ3) is 2.36. The van der Waals surface area contributed by atoms with E-state index in [0.29, 0.717) is 6.42 Å². The van der Waals surface area contributed by atoms with Gasteiger partial charge in [-0.2, -0.15) is 0 Å². The minimum Gasteiger partial charge on any atom is -0.343 e. The second kappa shape index (κ2) is 4.44. The number of hydrogen-bond donors (Lipinski definition) is 1. The van der Waals surface area contributed by atoms with E-state index in [0.717, 1.165) is 12.3 Å². The Bertz CT molecular complexity index is 299. The highest BCUT2D eigenvalue weighted by atomic mass is 16.2. The number of nitrogens with zero attached hydrogens (tertiary/aromatic N) is 1. The second-order valence-corrected chi connectivity index (χ2v) is 5.02. The van der Waals surface area contributed by atoms with Gasteiger partial charge in [0.05, 0.1) is 6.54 Å². The van der Waals surface area contributed by atoms with Crippen molar-refractivity contribution in [1.82, 2.24) is 10.2 Å². The molecule has 0 radical (unpaired) electrons. The Labute approximate surface area is 96.4 Å². The monoisotopic (exact) mass is 224 g/mol. The van der Waals surface area contributed by atoms with Crippen LogP contribution < -0.4 is 5.32 Å². The molecular formula is C12H20N2O2. The van der Waals surface area contributed by atoms with Crippen LogP contribution in [0.25, 0.3) is 0 Å². The molecule has 2 fully saturated rings. The van der Waals surface area contributed by atoms with E-state index in [2.05, 4.69) is 12.2 Å². The molecule has 4 nitrogen and oxygen atoms in total. The van der Waals surface area contributed by atoms with Crippen LogP contribution in [0.4, 0.5) is 0 Å². The predicted octanol–water partition coefficient (Wildman–Crippen LogP) is 0.912. The fourth-order valence-corrected chi connectivity index (χ4v) is 2.35. The lowest BCUT2D eigenvalue weighted by Gasteiger charge is -2.36. The van der Waals surface area contributed by atoms with Gasteiger partial charge in [0, 0.05) is 6.04 Å². The largest absolute Gasteiger partial charge is 0.343 e. The molecular weight excluding hydrogens is 204 g/mol. The lowest BCUT2D eigenvalue weighted by atomic mass is 10.1. The summed E-state index contributed by atoms with van der Waals surface area (Å²) in [5, 5.41) is 2.74. The van der Waals surface area contributed by atoms with Crippen molar-refractivity contribution in [2.75, 3.05) is 6.54 Å². The van der Waals surface area contributed by atoms with Crippen molar-refractivity contribution in [2.24, 2.45) is 5.92 Å². The van der Waals surface area contributed by atoms with Crippen molar-refractivity contribution in [2.45, 2.75) is 51.6 Å². The van der Waals surface area contributed by atoms with Gasteiger partial charge in [0.15, 0.2) is 0 Å². The third-order valence-electron chi connectivity index (χ3n) is 3.54. The van der Waals surface area contributed by atoms with Crippen LogP contribution in [0.5, 0.6) is 0 Å². The smallest absolute Gasteiger partial charge is 0.245 e. The first kappa shape index (κ1) is 11.4. The molecule has 0 spiro atoms. The topological polar surface area (TPSA) is 49.4 Å². The average molecular weight is 224 g/mol. The molecule has 0 aromatic rings. The Morgan fingerprint density at radius 1 is 1.44 bits per heavy atom. The summed E-state index contributed by atoms with van der Waals surface area (Å²) in [5.74, 6) is 0.859. The van der Waals surface area contributed by atoms with Crippen molar-refractivity contribution in [3.8, 4) is 0 Å². The second-order valence-electron chi connectivity index (χ2n) is 5.02. The van der Waals surface area contributed by atoms with Gasteiger partial charge in [0.25, 0.3) is 0 Å². The van der Waals surface area contributed by atoms with E-state index in [-0.39, 0.29) is 30.4 Å². The molecule has 1 saturated carbocycles. The lowest BCUT2D eigenvalue weighted by molar-refractivity contribution is -0.146. The molecule has 2 aliphatic rings. The minimum atomic E-state index is -0.303. The Hall–Kier alpha value is -1.06. The van der Waals surface area contributed by atoms with E-state index in [4.69, 9.17) is 0 Å². The molecule has 2 unspecified atom stereocenters. The van der Waals surface area contributed by atoms with Gasteiger partial charge in [-0.15, -0.1) is 0 Å². The van der Waals surface area contributed by atoms with Crippen LogP contribution in [-0.2, 0) is 9.59 Å². The maximum absolute atomic E-state index is 12.1. The first-order valence-electron chi connectivity index (χ1n) is 6.21. The first-order chi connectivity index (χ1) is 7.61. The molecule has 2 rings (SSSR count). The summed E-state index contributed by atoms with van der Waals surface area (Å²) in [4.78, 5) is 25.3. The summed E-state index contributed by atoms with van der Waals surface area (Å²) in [5.41, 5.74) is 0. The highest BCUT2D eigenvalue weighted by Gasteiger charge is 2.36. The summed E-state index contributed by atoms with van der Waals surface area (Å²) in [6, 6.07) is -0.0944. The molecule has 1 N–H and O–H groups in total. The summed E-state index contributed by atoms with van der Waals surface area (Å²) < 4.78 is 0. The van der Waals surface area contributed by atoms with E-state index in [1.165, 1.54) is 12.8 Å². The SMILES string of the molecule is CCC1NC(=O)CN(C(C)CC2CC2)C1=O. The van der Waals surface area contributed by atoms with Gasteiger partial charge in [-0.3, -0.25) is 9.59 Å². The number of amides is 2. The molecule has 90 valence electrons. The summed E-state index contributed by atoms with van der Waals surface area (Å²) >= 11 is 0. The number of hydrogen-bond acceptors (Lipinski definition) is 2. The fourth-order valence-electron chi connectivity index (χ4n) is 2.35. The minimum absolute atomic E-state index is 0.0194. The van der Waals surface area contributed by atoms with Gasteiger partial charge in [0.2, 0.25) is 11.8 Å². The van der Waals surface area contributed by atoms with E-state index in [9.17, 15) is 9.59 Å². The lowest BCUT2D eigenvalue weighted by Crippen LogP contribution is -2.60. The molecule has 1 saturated heterocycles. The van der Waals surface area contributed by atoms with Crippen molar-refractivity contribution >= 4 is 11.8 Å². The standard InChI is InChI=1S/C12H20N2O2/c1-3-10-12(16)14(7-11(15)13-10)8(2)6-9-4-5-9/h8-10H,3-7H2,1-2H3,(H,13,15). The summed E-state index contributed by atoms with van der Waals surface area (Å²) in [6.07, 6.45) is 4.30. The van der Waals surface area contributed by atoms with Gasteiger partial charge < -0.3 is 10.2 Å². The Morgan fingerprint density at radius 3 is 2.69 bits per heavy atom. The van der Waals surface area contributed by atoms with Crippen molar-refractivity contribution in [1.29, 1.82) is 0 Å². The molecule has 2 amide bonds. The van der Waals surface area contributed by atoms with Gasteiger partial charge >= 0.3 is 0 Å². The molecule has 0 aromatic heterocycles. The number of carbonyl (C=O) groups excluding carboxylic acids is 2. The molecule has 1 aliphatic carbocycles. The fraction of sp³-hybridized carbons (Fsp3) is 0.833. The summed E-state index contributed by atoms with van der Waals surface area (Å²) in [7, 11) is 0. The zero-order chi connectivity index (χ0) is 11.7. The Balaban J connectivity index is 1.99. The maximum Gasteiger partial charge on any atom is 0.245 e. The molecule has 16 heavy (non-hydrogen) atoms. The molecule has 0 aromatic carbocycles. The van der Waals surface area contributed by atoms with Crippen LogP contribution >= 0.6 is 0 Å². The summed E-state index contributed by atoms with van der Waals surface area (Å²) in [6.45, 7) is 4.22. The quantitative estimate of drug-likeness (QED) is 0.771. The van der Waals surface area contributed by atoms with Crippen LogP contribution in [0.2, 0.25) is 0 Å². The van der Waals surface area contributed by atoms with Crippen LogP contribution in [0.3, 0.4) is 0 Å². The number of nitrogens with one attached hydrogen (secondary N) is 1. The van der Waals surface area contributed by atoms with Crippen molar-refractivity contribution < 1.29 is 9.59 Å². The van der Waals surface area contributed by atoms with E-state index >= 15 is 0 Å². The number of piperazine rings is 1. The zero-order valence-corrected chi connectivity index (χ0v) is 10.0. The van der Waals surface area contributed by atoms with Gasteiger partial charge in [-0.25, -0.2) is 0 Å². The highest BCUT2D eigenvalue weighted by molar-refractivity contribution is 5.94. The van der Waals surface area contributed by atoms with E-state index in [1.807, 2.05) is 6.92 Å². The normalized spacial score (nSPS) is 27.9. The van der Waals surface area contributed by atoms with Crippen LogP contribution in [-0.4, -0.2) is 35.3 Å². The third-order valence-corrected chi connectivity index (χ3v) is 3.54. The first-order valence-corrected chi connectivity index (χ1v) is 6.21. The van der Waals surface area contributed by atoms with Gasteiger partial charge in [0.1, 0.15) is 6.04 Å². The zero-order valence-electron chi connectivity index (χ0n) is 10.0. The van der Waals surface area contributed by atoms with E-state index < -0.39 is 0 Å². The van der Waals surface area contributed by atoms with Crippen LogP contribution in [0.15, 0.2) is 0 Å². The molecule has 1 heterocycles. The highest BCUT2D eigenvalue weighted by Crippen LogP contribution is 2.34. The van der Waals surface area contributed by atoms with Crippen molar-refractivity contribution in [3.63, 3.8) is 0 Å². The molecule has 4 heteroatoms. The predicted molar refractivity (Wildman–Crippen MR) is 60.7 cm³/mol. The van der Waals surface area contributed by atoms with Gasteiger partial charge in [-0.1, -0.05) is 19.8 Å². The van der Waals surface area contributed by atoms with Crippen molar-refractivity contribution in [3.05, 3.63) is 0 Å². The average Bonchev–Trinajstić information content (AvgIpc) is 3.04. The molecule has 0 bridgehead atoms. The number of rotatable bonds is 4. The number of carbonyl (C=O) groups is 2. The molecule has 1 aliphatic heterocycles. The van der Waals surface area contributed by atoms with Gasteiger partial charge in [-0.05, 0) is 25.7 Å². The maximum atomic E-state index is 12.1.